The number of hydrogen-bond acceptors (Lipinski definition) is 5. The molecule has 1 aromatic carbocycles. The molecule has 1 atom stereocenters. The molecule has 1 unspecified atom stereocenters. The Kier molecular flexibility index (Phi) is 5.10. The molecule has 2 rings (SSSR count). The van der Waals surface area contributed by atoms with Crippen molar-refractivity contribution in [1.29, 1.82) is 0 Å². The van der Waals surface area contributed by atoms with Crippen molar-refractivity contribution in [2.75, 3.05) is 41.0 Å². The highest BCUT2D eigenvalue weighted by molar-refractivity contribution is 5.96. The van der Waals surface area contributed by atoms with E-state index in [1.165, 1.54) is 14.2 Å². The fourth-order valence-corrected chi connectivity index (χ4v) is 2.56. The molecule has 1 saturated heterocycles. The van der Waals surface area contributed by atoms with Crippen LogP contribution in [0.15, 0.2) is 18.2 Å². The second-order valence-corrected chi connectivity index (χ2v) is 5.49. The van der Waals surface area contributed by atoms with Gasteiger partial charge in [-0.3, -0.25) is 9.59 Å². The highest BCUT2D eigenvalue weighted by atomic mass is 16.5. The number of morpholine rings is 1. The Morgan fingerprint density at radius 2 is 1.83 bits per heavy atom. The zero-order chi connectivity index (χ0) is 17.0. The highest BCUT2D eigenvalue weighted by Crippen LogP contribution is 2.25. The minimum atomic E-state index is -1.05. The lowest BCUT2D eigenvalue weighted by Gasteiger charge is -2.39. The molecule has 1 heterocycles. The molecule has 0 bridgehead atoms. The molecule has 1 fully saturated rings. The van der Waals surface area contributed by atoms with Crippen LogP contribution in [0.2, 0.25) is 0 Å². The molecule has 2 amide bonds. The molecule has 126 valence electrons. The van der Waals surface area contributed by atoms with Crippen LogP contribution in [0.5, 0.6) is 11.5 Å². The van der Waals surface area contributed by atoms with Gasteiger partial charge < -0.3 is 24.4 Å². The Morgan fingerprint density at radius 3 is 2.35 bits per heavy atom. The van der Waals surface area contributed by atoms with Gasteiger partial charge in [0.05, 0.1) is 27.4 Å². The van der Waals surface area contributed by atoms with Crippen molar-refractivity contribution in [2.24, 2.45) is 0 Å². The van der Waals surface area contributed by atoms with Gasteiger partial charge in [-0.15, -0.1) is 0 Å². The minimum Gasteiger partial charge on any atom is -0.497 e. The highest BCUT2D eigenvalue weighted by Gasteiger charge is 2.40. The number of nitrogens with one attached hydrogen (secondary N) is 1. The third kappa shape index (κ3) is 3.56. The molecule has 7 nitrogen and oxygen atoms in total. The number of ether oxygens (including phenoxy) is 3. The van der Waals surface area contributed by atoms with Gasteiger partial charge in [0, 0.05) is 25.2 Å². The van der Waals surface area contributed by atoms with Crippen molar-refractivity contribution in [2.45, 2.75) is 12.5 Å². The molecule has 1 N–H and O–H groups in total. The predicted octanol–water partition coefficient (Wildman–Crippen LogP) is 0.681. The Morgan fingerprint density at radius 1 is 1.22 bits per heavy atom. The first-order valence-electron chi connectivity index (χ1n) is 7.32. The van der Waals surface area contributed by atoms with Crippen LogP contribution >= 0.6 is 0 Å². The van der Waals surface area contributed by atoms with Crippen molar-refractivity contribution in [3.05, 3.63) is 23.8 Å². The standard InChI is InChI=1S/C16H22N2O5/c1-16(15(20)17-2)10-18(5-6-23-16)14(19)11-7-12(21-3)9-13(8-11)22-4/h7-9H,5-6,10H2,1-4H3,(H,17,20). The van der Waals surface area contributed by atoms with Crippen LogP contribution in [0.4, 0.5) is 0 Å². The van der Waals surface area contributed by atoms with E-state index >= 15 is 0 Å². The Bertz CT molecular complexity index is 582. The van der Waals surface area contributed by atoms with Gasteiger partial charge >= 0.3 is 0 Å². The summed E-state index contributed by atoms with van der Waals surface area (Å²) in [4.78, 5) is 26.3. The van der Waals surface area contributed by atoms with E-state index < -0.39 is 5.60 Å². The van der Waals surface area contributed by atoms with Crippen molar-refractivity contribution < 1.29 is 23.8 Å². The van der Waals surface area contributed by atoms with Crippen molar-refractivity contribution >= 4 is 11.8 Å². The SMILES string of the molecule is CNC(=O)C1(C)CN(C(=O)c2cc(OC)cc(OC)c2)CCO1. The number of benzene rings is 1. The lowest BCUT2D eigenvalue weighted by atomic mass is 10.0. The molecular weight excluding hydrogens is 300 g/mol. The summed E-state index contributed by atoms with van der Waals surface area (Å²) in [6.45, 7) is 2.59. The van der Waals surface area contributed by atoms with Crippen LogP contribution in [-0.2, 0) is 9.53 Å². The molecule has 23 heavy (non-hydrogen) atoms. The Labute approximate surface area is 135 Å². The van der Waals surface area contributed by atoms with E-state index in [0.29, 0.717) is 30.2 Å². The average Bonchev–Trinajstić information content (AvgIpc) is 2.59. The molecule has 1 aromatic rings. The van der Waals surface area contributed by atoms with Gasteiger partial charge in [-0.2, -0.15) is 0 Å². The second-order valence-electron chi connectivity index (χ2n) is 5.49. The van der Waals surface area contributed by atoms with Gasteiger partial charge in [0.1, 0.15) is 11.5 Å². The largest absolute Gasteiger partial charge is 0.497 e. The van der Waals surface area contributed by atoms with E-state index in [9.17, 15) is 9.59 Å². The Hall–Kier alpha value is -2.28. The smallest absolute Gasteiger partial charge is 0.254 e. The van der Waals surface area contributed by atoms with Gasteiger partial charge in [-0.1, -0.05) is 0 Å². The van der Waals surface area contributed by atoms with Gasteiger partial charge in [0.25, 0.3) is 11.8 Å². The molecular formula is C16H22N2O5. The van der Waals surface area contributed by atoms with Crippen molar-refractivity contribution in [3.63, 3.8) is 0 Å². The lowest BCUT2D eigenvalue weighted by molar-refractivity contribution is -0.153. The number of nitrogens with zero attached hydrogens (tertiary/aromatic N) is 1. The lowest BCUT2D eigenvalue weighted by Crippen LogP contribution is -2.58. The quantitative estimate of drug-likeness (QED) is 0.882. The number of likely N-dealkylation sites (N-methyl/N-ethyl adjacent to an activating group) is 1. The van der Waals surface area contributed by atoms with Gasteiger partial charge in [0.2, 0.25) is 0 Å². The monoisotopic (exact) mass is 322 g/mol. The first kappa shape index (κ1) is 17.1. The fourth-order valence-electron chi connectivity index (χ4n) is 2.56. The molecule has 0 radical (unpaired) electrons. The summed E-state index contributed by atoms with van der Waals surface area (Å²) in [6.07, 6.45) is 0. The number of carbonyl (C=O) groups is 2. The van der Waals surface area contributed by atoms with Crippen LogP contribution in [0, 0.1) is 0 Å². The molecule has 0 aromatic heterocycles. The molecule has 0 saturated carbocycles. The summed E-state index contributed by atoms with van der Waals surface area (Å²) in [6, 6.07) is 5.00. The first-order valence-corrected chi connectivity index (χ1v) is 7.32. The number of amides is 2. The average molecular weight is 322 g/mol. The summed E-state index contributed by atoms with van der Waals surface area (Å²) in [7, 11) is 4.60. The van der Waals surface area contributed by atoms with Crippen molar-refractivity contribution in [1.82, 2.24) is 10.2 Å². The number of methoxy groups -OCH3 is 2. The van der Waals surface area contributed by atoms with Crippen LogP contribution in [-0.4, -0.2) is 63.3 Å². The molecule has 1 aliphatic heterocycles. The number of rotatable bonds is 4. The van der Waals surface area contributed by atoms with E-state index in [4.69, 9.17) is 14.2 Å². The molecule has 0 aliphatic carbocycles. The minimum absolute atomic E-state index is 0.186. The van der Waals surface area contributed by atoms with E-state index in [1.54, 1.807) is 37.1 Å². The maximum absolute atomic E-state index is 12.8. The van der Waals surface area contributed by atoms with Gasteiger partial charge in [0.15, 0.2) is 5.60 Å². The van der Waals surface area contributed by atoms with Gasteiger partial charge in [-0.25, -0.2) is 0 Å². The summed E-state index contributed by atoms with van der Waals surface area (Å²) < 4.78 is 16.0. The summed E-state index contributed by atoms with van der Waals surface area (Å²) in [5.74, 6) is 0.629. The third-order valence-electron chi connectivity index (χ3n) is 3.87. The van der Waals surface area contributed by atoms with Crippen LogP contribution in [0.1, 0.15) is 17.3 Å². The van der Waals surface area contributed by atoms with Gasteiger partial charge in [-0.05, 0) is 19.1 Å². The first-order chi connectivity index (χ1) is 10.9. The zero-order valence-corrected chi connectivity index (χ0v) is 13.8. The maximum atomic E-state index is 12.8. The molecule has 1 aliphatic rings. The number of carbonyl (C=O) groups excluding carboxylic acids is 2. The summed E-state index contributed by atoms with van der Waals surface area (Å²) in [5, 5.41) is 2.57. The fraction of sp³-hybridized carbons (Fsp3) is 0.500. The van der Waals surface area contributed by atoms with E-state index in [-0.39, 0.29) is 18.4 Å². The second kappa shape index (κ2) is 6.87. The molecule has 0 spiro atoms. The third-order valence-corrected chi connectivity index (χ3v) is 3.87. The van der Waals surface area contributed by atoms with Crippen LogP contribution < -0.4 is 14.8 Å². The number of hydrogen-bond donors (Lipinski definition) is 1. The Balaban J connectivity index is 2.24. The zero-order valence-electron chi connectivity index (χ0n) is 13.8. The van der Waals surface area contributed by atoms with Crippen LogP contribution in [0.3, 0.4) is 0 Å². The van der Waals surface area contributed by atoms with E-state index in [1.807, 2.05) is 0 Å². The van der Waals surface area contributed by atoms with Crippen LogP contribution in [0.25, 0.3) is 0 Å². The normalized spacial score (nSPS) is 20.8. The summed E-state index contributed by atoms with van der Waals surface area (Å²) >= 11 is 0. The van der Waals surface area contributed by atoms with Crippen molar-refractivity contribution in [3.8, 4) is 11.5 Å². The topological polar surface area (TPSA) is 77.1 Å². The van der Waals surface area contributed by atoms with E-state index in [2.05, 4.69) is 5.32 Å². The predicted molar refractivity (Wildman–Crippen MR) is 83.9 cm³/mol. The van der Waals surface area contributed by atoms with E-state index in [0.717, 1.165) is 0 Å². The molecule has 7 heteroatoms. The maximum Gasteiger partial charge on any atom is 0.254 e. The summed E-state index contributed by atoms with van der Waals surface area (Å²) in [5.41, 5.74) is -0.603.